The van der Waals surface area contributed by atoms with Gasteiger partial charge in [0.05, 0.1) is 0 Å². The van der Waals surface area contributed by atoms with E-state index in [-0.39, 0.29) is 78.7 Å². The largest absolute Gasteiger partial charge is 2.00 e. The summed E-state index contributed by atoms with van der Waals surface area (Å²) in [7, 11) is 0. The maximum absolute atomic E-state index is 6.00. The minimum atomic E-state index is 0. The van der Waals surface area contributed by atoms with Crippen molar-refractivity contribution in [1.82, 2.24) is 0 Å². The molecule has 0 aliphatic carbocycles. The Morgan fingerprint density at radius 2 is 1.25 bits per heavy atom. The molecule has 0 bridgehead atoms. The fourth-order valence-corrected chi connectivity index (χ4v) is 0. The zero-order chi connectivity index (χ0) is 2.00. The number of hydrogen-bond donors (Lipinski definition) is 2. The van der Waals surface area contributed by atoms with Crippen molar-refractivity contribution in [3.8, 4) is 0 Å². The molecule has 2 nitrogen and oxygen atoms in total. The average molecular weight is 100 g/mol. The summed E-state index contributed by atoms with van der Waals surface area (Å²) in [6.07, 6.45) is 0. The molecule has 0 aromatic rings. The molecule has 0 radical (unpaired) electrons. The predicted octanol–water partition coefficient (Wildman–Crippen LogP) is -3.02. The third-order valence-electron chi connectivity index (χ3n) is 0. The van der Waals surface area contributed by atoms with Crippen LogP contribution in [-0.4, -0.2) is 33.6 Å². The topological polar surface area (TPSA) is 40.5 Å². The smallest absolute Gasteiger partial charge is 1.00 e. The monoisotopic (exact) mass is 100.0 g/mol. The minimum absolute atomic E-state index is 0. The molecule has 0 saturated carbocycles. The van der Waals surface area contributed by atoms with E-state index in [0.29, 0.717) is 0 Å². The van der Waals surface area contributed by atoms with Crippen molar-refractivity contribution in [1.29, 1.82) is 0 Å². The number of rotatable bonds is 0. The maximum Gasteiger partial charge on any atom is 2.00 e. The van der Waals surface area contributed by atoms with Crippen molar-refractivity contribution in [3.05, 3.63) is 0 Å². The van der Waals surface area contributed by atoms with Gasteiger partial charge >= 0.3 is 74.4 Å². The van der Waals surface area contributed by atoms with Crippen LogP contribution in [0.15, 0.2) is 0 Å². The van der Waals surface area contributed by atoms with E-state index in [9.17, 15) is 0 Å². The van der Waals surface area contributed by atoms with Gasteiger partial charge in [0, 0.05) is 0 Å². The molecular weight excluding hydrogens is 95.4 g/mol. The van der Waals surface area contributed by atoms with Gasteiger partial charge in [0.15, 0.2) is 0 Å². The van der Waals surface area contributed by atoms with Gasteiger partial charge in [-0.1, -0.05) is 0 Å². The van der Waals surface area contributed by atoms with Gasteiger partial charge in [-0.05, 0) is 0 Å². The Balaban J connectivity index is -0.000000000500. The molecule has 0 rings (SSSR count). The van der Waals surface area contributed by atoms with Crippen LogP contribution in [-0.2, 0) is 0 Å². The van der Waals surface area contributed by atoms with Crippen LogP contribution >= 0.6 is 0 Å². The third-order valence-corrected chi connectivity index (χ3v) is 0. The Bertz CT molecular complexity index is 12.9. The molecule has 20 valence electrons. The van der Waals surface area contributed by atoms with Crippen LogP contribution in [0, 0.1) is 0 Å². The van der Waals surface area contributed by atoms with E-state index in [1.807, 2.05) is 0 Å². The molecule has 4 heteroatoms. The Hall–Kier alpha value is 2.32. The minimum Gasteiger partial charge on any atom is -1.00 e. The first kappa shape index (κ1) is 16.2. The van der Waals surface area contributed by atoms with E-state index in [4.69, 9.17) is 10.5 Å². The van der Waals surface area contributed by atoms with Crippen LogP contribution in [0.25, 0.3) is 0 Å². The molecule has 4 heavy (non-hydrogen) atoms. The summed E-state index contributed by atoms with van der Waals surface area (Å²) in [6, 6.07) is 0. The normalized spacial score (nSPS) is 1.50. The van der Waals surface area contributed by atoms with Crippen LogP contribution in [0.5, 0.6) is 0 Å². The molecule has 0 atom stereocenters. The van der Waals surface area contributed by atoms with Gasteiger partial charge in [0.25, 0.3) is 0 Å². The molecule has 0 aromatic carbocycles. The Morgan fingerprint density at radius 3 is 1.25 bits per heavy atom. The molecule has 0 unspecified atom stereocenters. The SMILES string of the molecule is OO.[H-].[H-].[H-].[K+].[Mg+2]. The first-order valence-corrected chi connectivity index (χ1v) is 0.200. The van der Waals surface area contributed by atoms with Gasteiger partial charge in [0.1, 0.15) is 0 Å². The van der Waals surface area contributed by atoms with Crippen LogP contribution < -0.4 is 51.4 Å². The molecule has 0 aromatic heterocycles. The van der Waals surface area contributed by atoms with E-state index in [0.717, 1.165) is 0 Å². The molecule has 0 heterocycles. The molecule has 0 spiro atoms. The average Bonchev–Trinajstić information content (AvgIpc) is 1.00. The van der Waals surface area contributed by atoms with Crippen LogP contribution in [0.4, 0.5) is 0 Å². The third kappa shape index (κ3) is 8.85. The van der Waals surface area contributed by atoms with Gasteiger partial charge in [-0.15, -0.1) is 0 Å². The Kier molecular flexibility index (Phi) is 74.8. The van der Waals surface area contributed by atoms with Crippen molar-refractivity contribution in [2.75, 3.05) is 0 Å². The van der Waals surface area contributed by atoms with Crippen molar-refractivity contribution in [2.24, 2.45) is 0 Å². The number of hydrogen-bond acceptors (Lipinski definition) is 2. The Morgan fingerprint density at radius 1 is 1.25 bits per heavy atom. The summed E-state index contributed by atoms with van der Waals surface area (Å²) in [5.41, 5.74) is 0. The zero-order valence-electron chi connectivity index (χ0n) is 5.60. The second kappa shape index (κ2) is 18.4. The zero-order valence-corrected chi connectivity index (χ0v) is 7.14. The van der Waals surface area contributed by atoms with Crippen molar-refractivity contribution in [2.45, 2.75) is 0 Å². The fraction of sp³-hybridized carbons (Fsp3) is 0. The van der Waals surface area contributed by atoms with Crippen molar-refractivity contribution < 1.29 is 66.2 Å². The van der Waals surface area contributed by atoms with Gasteiger partial charge < -0.3 is 4.28 Å². The van der Waals surface area contributed by atoms with E-state index in [2.05, 4.69) is 0 Å². The summed E-state index contributed by atoms with van der Waals surface area (Å²) >= 11 is 0. The van der Waals surface area contributed by atoms with E-state index in [1.54, 1.807) is 0 Å². The van der Waals surface area contributed by atoms with Crippen LogP contribution in [0.1, 0.15) is 4.28 Å². The summed E-state index contributed by atoms with van der Waals surface area (Å²) < 4.78 is 0. The van der Waals surface area contributed by atoms with Crippen molar-refractivity contribution in [3.63, 3.8) is 0 Å². The first-order valence-electron chi connectivity index (χ1n) is 0.200. The van der Waals surface area contributed by atoms with Gasteiger partial charge in [-0.3, -0.25) is 10.5 Å². The van der Waals surface area contributed by atoms with Crippen LogP contribution in [0.3, 0.4) is 0 Å². The van der Waals surface area contributed by atoms with Gasteiger partial charge in [-0.25, -0.2) is 0 Å². The first-order chi connectivity index (χ1) is 1.00. The summed E-state index contributed by atoms with van der Waals surface area (Å²) in [5.74, 6) is 0. The molecule has 0 fully saturated rings. The summed E-state index contributed by atoms with van der Waals surface area (Å²) in [4.78, 5) is 0. The molecule has 0 saturated heterocycles. The molecule has 0 aliphatic heterocycles. The second-order valence-corrected chi connectivity index (χ2v) is 0. The van der Waals surface area contributed by atoms with Gasteiger partial charge in [0.2, 0.25) is 0 Å². The quantitative estimate of drug-likeness (QED) is 0.193. The fourth-order valence-electron chi connectivity index (χ4n) is 0. The molecule has 2 N–H and O–H groups in total. The van der Waals surface area contributed by atoms with E-state index >= 15 is 0 Å². The summed E-state index contributed by atoms with van der Waals surface area (Å²) in [5, 5.41) is 12.0. The summed E-state index contributed by atoms with van der Waals surface area (Å²) in [6.45, 7) is 0. The van der Waals surface area contributed by atoms with E-state index in [1.165, 1.54) is 0 Å². The standard InChI is InChI=1S/K.Mg.H2O2.3H/c;;1-2;;;/h;;1-2H;;;/q+1;+2;;3*-1. The van der Waals surface area contributed by atoms with Crippen LogP contribution in [0.2, 0.25) is 0 Å². The van der Waals surface area contributed by atoms with E-state index < -0.39 is 0 Å². The predicted molar refractivity (Wildman–Crippen MR) is 14.3 cm³/mol. The second-order valence-electron chi connectivity index (χ2n) is 0. The molecule has 0 amide bonds. The Labute approximate surface area is 87.5 Å². The maximum atomic E-state index is 6.00. The van der Waals surface area contributed by atoms with Crippen molar-refractivity contribution >= 4 is 23.1 Å². The molecule has 0 aliphatic rings. The van der Waals surface area contributed by atoms with Gasteiger partial charge in [-0.2, -0.15) is 0 Å². The molecular formula is H5KMgO2.